The second-order valence-corrected chi connectivity index (χ2v) is 5.53. The largest absolute Gasteiger partial charge is 0.366 e. The Labute approximate surface area is 124 Å². The highest BCUT2D eigenvalue weighted by Gasteiger charge is 2.30. The average Bonchev–Trinajstić information content (AvgIpc) is 2.53. The number of nitriles is 1. The Bertz CT molecular complexity index is 567. The molecule has 1 aliphatic carbocycles. The molecule has 6 heteroatoms. The van der Waals surface area contributed by atoms with Gasteiger partial charge in [0, 0.05) is 19.2 Å². The molecule has 2 atom stereocenters. The van der Waals surface area contributed by atoms with Gasteiger partial charge >= 0.3 is 0 Å². The molecule has 21 heavy (non-hydrogen) atoms. The molecule has 1 aromatic rings. The van der Waals surface area contributed by atoms with Crippen LogP contribution in [0.1, 0.15) is 31.2 Å². The molecule has 0 aliphatic heterocycles. The van der Waals surface area contributed by atoms with E-state index >= 15 is 0 Å². The first-order chi connectivity index (χ1) is 10.1. The van der Waals surface area contributed by atoms with E-state index < -0.39 is 4.92 Å². The lowest BCUT2D eigenvalue weighted by Crippen LogP contribution is -2.43. The van der Waals surface area contributed by atoms with Gasteiger partial charge in [0.1, 0.15) is 5.69 Å². The zero-order valence-corrected chi connectivity index (χ0v) is 12.2. The van der Waals surface area contributed by atoms with Crippen molar-refractivity contribution in [3.8, 4) is 6.07 Å². The lowest BCUT2D eigenvalue weighted by molar-refractivity contribution is -0.384. The van der Waals surface area contributed by atoms with Crippen molar-refractivity contribution in [1.29, 1.82) is 5.26 Å². The Morgan fingerprint density at radius 2 is 2.19 bits per heavy atom. The van der Waals surface area contributed by atoms with Crippen LogP contribution in [0.15, 0.2) is 18.2 Å². The van der Waals surface area contributed by atoms with Gasteiger partial charge in [-0.1, -0.05) is 12.8 Å². The first kappa shape index (κ1) is 15.3. The predicted octanol–water partition coefficient (Wildman–Crippen LogP) is 2.42. The highest BCUT2D eigenvalue weighted by atomic mass is 16.6. The number of anilines is 1. The Morgan fingerprint density at radius 3 is 2.81 bits per heavy atom. The predicted molar refractivity (Wildman–Crippen MR) is 81.0 cm³/mol. The molecule has 2 unspecified atom stereocenters. The van der Waals surface area contributed by atoms with E-state index in [2.05, 4.69) is 0 Å². The van der Waals surface area contributed by atoms with Crippen LogP contribution in [0.25, 0.3) is 0 Å². The van der Waals surface area contributed by atoms with Gasteiger partial charge in [0.15, 0.2) is 0 Å². The number of nitro benzene ring substituents is 1. The molecule has 0 spiro atoms. The summed E-state index contributed by atoms with van der Waals surface area (Å²) in [5.74, 6) is 0.342. The molecule has 2 N–H and O–H groups in total. The number of rotatable bonds is 4. The molecular formula is C15H20N4O2. The quantitative estimate of drug-likeness (QED) is 0.678. The molecule has 1 saturated carbocycles. The van der Waals surface area contributed by atoms with Gasteiger partial charge in [0.05, 0.1) is 16.6 Å². The van der Waals surface area contributed by atoms with E-state index in [1.807, 2.05) is 18.0 Å². The van der Waals surface area contributed by atoms with Crippen molar-refractivity contribution in [2.75, 3.05) is 18.5 Å². The molecule has 112 valence electrons. The van der Waals surface area contributed by atoms with Crippen molar-refractivity contribution >= 4 is 11.4 Å². The van der Waals surface area contributed by atoms with E-state index in [-0.39, 0.29) is 11.7 Å². The van der Waals surface area contributed by atoms with E-state index in [1.165, 1.54) is 12.1 Å². The fourth-order valence-electron chi connectivity index (χ4n) is 3.18. The topological polar surface area (TPSA) is 96.2 Å². The number of nitro groups is 1. The van der Waals surface area contributed by atoms with Crippen molar-refractivity contribution in [2.45, 2.75) is 31.7 Å². The summed E-state index contributed by atoms with van der Waals surface area (Å²) in [4.78, 5) is 12.8. The fraction of sp³-hybridized carbons (Fsp3) is 0.533. The van der Waals surface area contributed by atoms with Crippen LogP contribution >= 0.6 is 0 Å². The zero-order valence-electron chi connectivity index (χ0n) is 12.2. The van der Waals surface area contributed by atoms with Gasteiger partial charge in [-0.2, -0.15) is 5.26 Å². The first-order valence-corrected chi connectivity index (χ1v) is 7.20. The Balaban J connectivity index is 2.38. The lowest BCUT2D eigenvalue weighted by Gasteiger charge is -2.38. The third-order valence-electron chi connectivity index (χ3n) is 4.35. The summed E-state index contributed by atoms with van der Waals surface area (Å²) in [5.41, 5.74) is 6.83. The molecule has 1 fully saturated rings. The molecule has 6 nitrogen and oxygen atoms in total. The molecule has 0 radical (unpaired) electrons. The van der Waals surface area contributed by atoms with Crippen LogP contribution in [0.2, 0.25) is 0 Å². The minimum Gasteiger partial charge on any atom is -0.366 e. The van der Waals surface area contributed by atoms with Crippen molar-refractivity contribution in [1.82, 2.24) is 0 Å². The summed E-state index contributed by atoms with van der Waals surface area (Å²) in [5, 5.41) is 20.3. The van der Waals surface area contributed by atoms with E-state index in [1.54, 1.807) is 6.07 Å². The van der Waals surface area contributed by atoms with Gasteiger partial charge in [-0.25, -0.2) is 0 Å². The van der Waals surface area contributed by atoms with E-state index in [0.717, 1.165) is 25.7 Å². The number of benzene rings is 1. The maximum Gasteiger partial charge on any atom is 0.292 e. The van der Waals surface area contributed by atoms with Crippen molar-refractivity contribution in [2.24, 2.45) is 11.7 Å². The van der Waals surface area contributed by atoms with Crippen molar-refractivity contribution in [3.05, 3.63) is 33.9 Å². The maximum atomic E-state index is 11.2. The van der Waals surface area contributed by atoms with Gasteiger partial charge < -0.3 is 10.6 Å². The van der Waals surface area contributed by atoms with E-state index in [9.17, 15) is 10.1 Å². The smallest absolute Gasteiger partial charge is 0.292 e. The molecule has 2 rings (SSSR count). The monoisotopic (exact) mass is 288 g/mol. The van der Waals surface area contributed by atoms with Crippen molar-refractivity contribution < 1.29 is 4.92 Å². The molecule has 0 heterocycles. The van der Waals surface area contributed by atoms with Crippen LogP contribution in [-0.4, -0.2) is 24.6 Å². The third kappa shape index (κ3) is 3.14. The Kier molecular flexibility index (Phi) is 4.76. The summed E-state index contributed by atoms with van der Waals surface area (Å²) < 4.78 is 0. The van der Waals surface area contributed by atoms with Crippen molar-refractivity contribution in [3.63, 3.8) is 0 Å². The van der Waals surface area contributed by atoms with Crippen LogP contribution in [0, 0.1) is 27.4 Å². The number of nitrogens with zero attached hydrogens (tertiary/aromatic N) is 3. The third-order valence-corrected chi connectivity index (χ3v) is 4.35. The molecular weight excluding hydrogens is 268 g/mol. The standard InChI is InChI=1S/C15H20N4O2/c1-18(13-5-3-2-4-12(13)10-17)15-8-11(9-16)6-7-14(15)19(20)21/h6-8,12-13H,2-5,10,17H2,1H3. The number of nitrogens with two attached hydrogens (primary N) is 1. The summed E-state index contributed by atoms with van der Waals surface area (Å²) in [6.07, 6.45) is 4.30. The average molecular weight is 288 g/mol. The number of hydrogen-bond donors (Lipinski definition) is 1. The van der Waals surface area contributed by atoms with Gasteiger partial charge in [-0.3, -0.25) is 10.1 Å². The first-order valence-electron chi connectivity index (χ1n) is 7.20. The van der Waals surface area contributed by atoms with E-state index in [0.29, 0.717) is 23.7 Å². The van der Waals surface area contributed by atoms with Gasteiger partial charge in [0.2, 0.25) is 0 Å². The maximum absolute atomic E-state index is 11.2. The van der Waals surface area contributed by atoms with Gasteiger partial charge in [-0.15, -0.1) is 0 Å². The minimum absolute atomic E-state index is 0.0397. The summed E-state index contributed by atoms with van der Waals surface area (Å²) in [6, 6.07) is 6.72. The molecule has 1 aliphatic rings. The summed E-state index contributed by atoms with van der Waals surface area (Å²) in [7, 11) is 1.86. The fourth-order valence-corrected chi connectivity index (χ4v) is 3.18. The zero-order chi connectivity index (χ0) is 15.4. The van der Waals surface area contributed by atoms with Crippen LogP contribution in [0.5, 0.6) is 0 Å². The molecule has 0 aromatic heterocycles. The lowest BCUT2D eigenvalue weighted by atomic mass is 9.83. The molecule has 0 amide bonds. The van der Waals surface area contributed by atoms with Gasteiger partial charge in [0.25, 0.3) is 5.69 Å². The summed E-state index contributed by atoms with van der Waals surface area (Å²) >= 11 is 0. The highest BCUT2D eigenvalue weighted by molar-refractivity contribution is 5.66. The van der Waals surface area contributed by atoms with Crippen LogP contribution in [0.3, 0.4) is 0 Å². The highest BCUT2D eigenvalue weighted by Crippen LogP contribution is 2.35. The summed E-state index contributed by atoms with van der Waals surface area (Å²) in [6.45, 7) is 0.584. The Morgan fingerprint density at radius 1 is 1.48 bits per heavy atom. The molecule has 1 aromatic carbocycles. The van der Waals surface area contributed by atoms with Crippen LogP contribution < -0.4 is 10.6 Å². The second kappa shape index (κ2) is 6.55. The second-order valence-electron chi connectivity index (χ2n) is 5.53. The minimum atomic E-state index is -0.396. The SMILES string of the molecule is CN(c1cc(C#N)ccc1[N+](=O)[O-])C1CCCCC1CN. The molecule has 0 bridgehead atoms. The number of hydrogen-bond acceptors (Lipinski definition) is 5. The Hall–Kier alpha value is -2.13. The van der Waals surface area contributed by atoms with Crippen LogP contribution in [-0.2, 0) is 0 Å². The van der Waals surface area contributed by atoms with E-state index in [4.69, 9.17) is 11.0 Å². The normalized spacial score (nSPS) is 21.6. The van der Waals surface area contributed by atoms with Crippen LogP contribution in [0.4, 0.5) is 11.4 Å². The molecule has 0 saturated heterocycles. The van der Waals surface area contributed by atoms with Gasteiger partial charge in [-0.05, 0) is 37.4 Å².